The van der Waals surface area contributed by atoms with E-state index in [-0.39, 0.29) is 4.90 Å². The van der Waals surface area contributed by atoms with Crippen LogP contribution in [0.3, 0.4) is 0 Å². The number of piperidine rings is 1. The first kappa shape index (κ1) is 17.8. The lowest BCUT2D eigenvalue weighted by molar-refractivity contribution is -0.0266. The van der Waals surface area contributed by atoms with E-state index in [1.807, 2.05) is 0 Å². The van der Waals surface area contributed by atoms with E-state index in [0.29, 0.717) is 37.0 Å². The largest absolute Gasteiger partial charge is 0.300 e. The maximum Gasteiger partial charge on any atom is 0.243 e. The van der Waals surface area contributed by atoms with Crippen molar-refractivity contribution in [2.24, 2.45) is 11.8 Å². The number of likely N-dealkylation sites (tertiary alicyclic amines) is 1. The van der Waals surface area contributed by atoms with E-state index in [2.05, 4.69) is 18.7 Å². The first-order valence-electron chi connectivity index (χ1n) is 8.47. The van der Waals surface area contributed by atoms with Gasteiger partial charge < -0.3 is 0 Å². The second kappa shape index (κ2) is 6.69. The maximum absolute atomic E-state index is 13.3. The molecule has 7 heteroatoms. The highest BCUT2D eigenvalue weighted by Crippen LogP contribution is 2.35. The summed E-state index contributed by atoms with van der Waals surface area (Å²) in [7, 11) is -3.84. The third-order valence-electron chi connectivity index (χ3n) is 5.06. The molecule has 0 radical (unpaired) electrons. The van der Waals surface area contributed by atoms with Gasteiger partial charge in [0.1, 0.15) is 11.6 Å². The number of rotatable bonds is 5. The van der Waals surface area contributed by atoms with Gasteiger partial charge in [-0.05, 0) is 37.4 Å². The normalized spacial score (nSPS) is 25.5. The van der Waals surface area contributed by atoms with Gasteiger partial charge in [-0.2, -0.15) is 4.31 Å². The van der Waals surface area contributed by atoms with Gasteiger partial charge in [-0.15, -0.1) is 0 Å². The van der Waals surface area contributed by atoms with E-state index in [0.717, 1.165) is 38.1 Å². The minimum absolute atomic E-state index is 0.297. The van der Waals surface area contributed by atoms with Crippen LogP contribution in [0.25, 0.3) is 0 Å². The Bertz CT molecular complexity index is 688. The molecule has 2 heterocycles. The molecular formula is C17H24F2N2O2S. The molecule has 0 unspecified atom stereocenters. The van der Waals surface area contributed by atoms with E-state index < -0.39 is 21.7 Å². The zero-order valence-corrected chi connectivity index (χ0v) is 14.9. The first-order chi connectivity index (χ1) is 11.3. The number of benzene rings is 1. The van der Waals surface area contributed by atoms with E-state index in [1.54, 1.807) is 0 Å². The lowest BCUT2D eigenvalue weighted by Gasteiger charge is -2.53. The molecule has 4 nitrogen and oxygen atoms in total. The molecule has 2 atom stereocenters. The molecule has 2 saturated heterocycles. The van der Waals surface area contributed by atoms with Gasteiger partial charge in [-0.1, -0.05) is 13.8 Å². The molecule has 3 rings (SSSR count). The summed E-state index contributed by atoms with van der Waals surface area (Å²) in [5.74, 6) is -0.759. The van der Waals surface area contributed by atoms with Gasteiger partial charge in [0.25, 0.3) is 0 Å². The SMILES string of the molecule is CC(C)CCN1C[C@H]2CN(S(=O)(=O)c3cc(F)cc(F)c3)CC[C@@H]21. The second-order valence-corrected chi connectivity index (χ2v) is 9.20. The van der Waals surface area contributed by atoms with Gasteiger partial charge in [-0.25, -0.2) is 17.2 Å². The molecule has 1 aromatic carbocycles. The Morgan fingerprint density at radius 3 is 2.42 bits per heavy atom. The van der Waals surface area contributed by atoms with Crippen LogP contribution in [0.2, 0.25) is 0 Å². The van der Waals surface area contributed by atoms with Crippen LogP contribution < -0.4 is 0 Å². The van der Waals surface area contributed by atoms with Crippen LogP contribution in [0, 0.1) is 23.5 Å². The molecule has 0 bridgehead atoms. The minimum atomic E-state index is -3.84. The fraction of sp³-hybridized carbons (Fsp3) is 0.647. The Labute approximate surface area is 142 Å². The topological polar surface area (TPSA) is 40.6 Å². The van der Waals surface area contributed by atoms with Gasteiger partial charge in [0.2, 0.25) is 10.0 Å². The van der Waals surface area contributed by atoms with E-state index >= 15 is 0 Å². The molecule has 0 N–H and O–H groups in total. The molecule has 0 saturated carbocycles. The number of hydrogen-bond acceptors (Lipinski definition) is 3. The van der Waals surface area contributed by atoms with E-state index in [9.17, 15) is 17.2 Å². The monoisotopic (exact) mass is 358 g/mol. The lowest BCUT2D eigenvalue weighted by atomic mass is 9.83. The molecule has 1 aromatic rings. The van der Waals surface area contributed by atoms with Crippen molar-refractivity contribution in [3.05, 3.63) is 29.8 Å². The molecule has 2 fully saturated rings. The van der Waals surface area contributed by atoms with Gasteiger partial charge in [0, 0.05) is 37.7 Å². The predicted molar refractivity (Wildman–Crippen MR) is 88.0 cm³/mol. The fourth-order valence-electron chi connectivity index (χ4n) is 3.67. The standard InChI is InChI=1S/C17H24F2N2O2S/c1-12(2)3-5-20-10-13-11-21(6-4-17(13)20)24(22,23)16-8-14(18)7-15(19)9-16/h7-9,12-13,17H,3-6,10-11H2,1-2H3/t13-,17-/m0/s1. The van der Waals surface area contributed by atoms with Gasteiger partial charge in [-0.3, -0.25) is 4.90 Å². The molecule has 2 aliphatic heterocycles. The van der Waals surface area contributed by atoms with Crippen molar-refractivity contribution in [1.82, 2.24) is 9.21 Å². The summed E-state index contributed by atoms with van der Waals surface area (Å²) in [4.78, 5) is 2.13. The average Bonchev–Trinajstić information content (AvgIpc) is 2.46. The highest BCUT2D eigenvalue weighted by atomic mass is 32.2. The van der Waals surface area contributed by atoms with Crippen molar-refractivity contribution >= 4 is 10.0 Å². The van der Waals surface area contributed by atoms with Crippen molar-refractivity contribution in [1.29, 1.82) is 0 Å². The van der Waals surface area contributed by atoms with Crippen molar-refractivity contribution < 1.29 is 17.2 Å². The zero-order valence-electron chi connectivity index (χ0n) is 14.1. The summed E-state index contributed by atoms with van der Waals surface area (Å²) < 4.78 is 53.4. The molecule has 2 aliphatic rings. The van der Waals surface area contributed by atoms with E-state index in [1.165, 1.54) is 4.31 Å². The number of nitrogens with zero attached hydrogens (tertiary/aromatic N) is 2. The Morgan fingerprint density at radius 1 is 1.17 bits per heavy atom. The summed E-state index contributed by atoms with van der Waals surface area (Å²) in [5.41, 5.74) is 0. The smallest absolute Gasteiger partial charge is 0.243 e. The van der Waals surface area contributed by atoms with E-state index in [4.69, 9.17) is 0 Å². The van der Waals surface area contributed by atoms with Crippen molar-refractivity contribution in [2.45, 2.75) is 37.6 Å². The summed E-state index contributed by atoms with van der Waals surface area (Å²) in [6, 6.07) is 2.91. The van der Waals surface area contributed by atoms with Crippen molar-refractivity contribution in [3.8, 4) is 0 Å². The van der Waals surface area contributed by atoms with Crippen LogP contribution in [0.1, 0.15) is 26.7 Å². The van der Waals surface area contributed by atoms with Crippen molar-refractivity contribution in [3.63, 3.8) is 0 Å². The molecule has 24 heavy (non-hydrogen) atoms. The van der Waals surface area contributed by atoms with Gasteiger partial charge >= 0.3 is 0 Å². The molecular weight excluding hydrogens is 334 g/mol. The maximum atomic E-state index is 13.3. The molecule has 0 aliphatic carbocycles. The Hall–Kier alpha value is -1.05. The van der Waals surface area contributed by atoms with Crippen LogP contribution in [0.5, 0.6) is 0 Å². The van der Waals surface area contributed by atoms with Gasteiger partial charge in [0.05, 0.1) is 4.90 Å². The number of fused-ring (bicyclic) bond motifs is 1. The van der Waals surface area contributed by atoms with Crippen LogP contribution in [-0.4, -0.2) is 49.8 Å². The molecule has 0 amide bonds. The van der Waals surface area contributed by atoms with Gasteiger partial charge in [0.15, 0.2) is 0 Å². The summed E-state index contributed by atoms with van der Waals surface area (Å²) in [6.45, 7) is 7.19. The highest BCUT2D eigenvalue weighted by Gasteiger charge is 2.44. The summed E-state index contributed by atoms with van der Waals surface area (Å²) in [6.07, 6.45) is 1.92. The third kappa shape index (κ3) is 3.48. The second-order valence-electron chi connectivity index (χ2n) is 7.26. The number of sulfonamides is 1. The van der Waals surface area contributed by atoms with Crippen LogP contribution in [0.4, 0.5) is 8.78 Å². The number of hydrogen-bond donors (Lipinski definition) is 0. The Morgan fingerprint density at radius 2 is 1.83 bits per heavy atom. The lowest BCUT2D eigenvalue weighted by Crippen LogP contribution is -2.64. The molecule has 0 spiro atoms. The first-order valence-corrected chi connectivity index (χ1v) is 9.91. The Kier molecular flexibility index (Phi) is 4.95. The molecule has 134 valence electrons. The average molecular weight is 358 g/mol. The number of halogens is 2. The summed E-state index contributed by atoms with van der Waals surface area (Å²) in [5, 5.41) is 0. The fourth-order valence-corrected chi connectivity index (χ4v) is 5.23. The quantitative estimate of drug-likeness (QED) is 0.813. The van der Waals surface area contributed by atoms with Crippen LogP contribution in [0.15, 0.2) is 23.1 Å². The minimum Gasteiger partial charge on any atom is -0.300 e. The highest BCUT2D eigenvalue weighted by molar-refractivity contribution is 7.89. The zero-order chi connectivity index (χ0) is 17.5. The predicted octanol–water partition coefficient (Wildman–Crippen LogP) is 2.71. The van der Waals surface area contributed by atoms with Crippen LogP contribution >= 0.6 is 0 Å². The third-order valence-corrected chi connectivity index (χ3v) is 6.91. The Balaban J connectivity index is 1.66. The molecule has 0 aromatic heterocycles. The summed E-state index contributed by atoms with van der Waals surface area (Å²) >= 11 is 0. The van der Waals surface area contributed by atoms with Crippen molar-refractivity contribution in [2.75, 3.05) is 26.2 Å². The van der Waals surface area contributed by atoms with Crippen LogP contribution in [-0.2, 0) is 10.0 Å².